The number of aromatic nitrogens is 2. The second kappa shape index (κ2) is 4.19. The molecule has 0 radical (unpaired) electrons. The normalized spacial score (nSPS) is 10.8. The van der Waals surface area contributed by atoms with Crippen LogP contribution in [0.2, 0.25) is 0 Å². The Kier molecular flexibility index (Phi) is 2.55. The zero-order chi connectivity index (χ0) is 10.8. The molecule has 0 aliphatic heterocycles. The van der Waals surface area contributed by atoms with E-state index in [0.717, 1.165) is 11.3 Å². The van der Waals surface area contributed by atoms with Crippen LogP contribution in [0.15, 0.2) is 39.5 Å². The SMILES string of the molecule is c1csc(Cc2nc(-c3cccs3)no2)c1. The number of hydrogen-bond donors (Lipinski definition) is 0. The Bertz CT molecular complexity index is 555. The summed E-state index contributed by atoms with van der Waals surface area (Å²) in [4.78, 5) is 6.65. The molecule has 0 aliphatic carbocycles. The minimum Gasteiger partial charge on any atom is -0.339 e. The van der Waals surface area contributed by atoms with Crippen LogP contribution in [0.5, 0.6) is 0 Å². The van der Waals surface area contributed by atoms with Crippen LogP contribution in [0, 0.1) is 0 Å². The van der Waals surface area contributed by atoms with Gasteiger partial charge in [-0.1, -0.05) is 17.3 Å². The van der Waals surface area contributed by atoms with Crippen molar-refractivity contribution in [3.8, 4) is 10.7 Å². The van der Waals surface area contributed by atoms with Gasteiger partial charge in [-0.25, -0.2) is 0 Å². The molecule has 3 nitrogen and oxygen atoms in total. The molecule has 0 saturated carbocycles. The molecule has 0 amide bonds. The lowest BCUT2D eigenvalue weighted by molar-refractivity contribution is 0.386. The highest BCUT2D eigenvalue weighted by atomic mass is 32.1. The van der Waals surface area contributed by atoms with Gasteiger partial charge in [-0.05, 0) is 22.9 Å². The van der Waals surface area contributed by atoms with Gasteiger partial charge < -0.3 is 4.52 Å². The molecule has 3 aromatic rings. The molecule has 0 spiro atoms. The number of thiophene rings is 2. The topological polar surface area (TPSA) is 38.9 Å². The lowest BCUT2D eigenvalue weighted by Crippen LogP contribution is -1.83. The standard InChI is InChI=1S/C11H8N2OS2/c1-3-8(15-5-1)7-10-12-11(13-14-10)9-4-2-6-16-9/h1-6H,7H2. The van der Waals surface area contributed by atoms with Gasteiger partial charge in [0.25, 0.3) is 0 Å². The van der Waals surface area contributed by atoms with E-state index in [-0.39, 0.29) is 0 Å². The van der Waals surface area contributed by atoms with Crippen molar-refractivity contribution in [3.63, 3.8) is 0 Å². The maximum Gasteiger partial charge on any atom is 0.232 e. The van der Waals surface area contributed by atoms with Crippen LogP contribution in [0.25, 0.3) is 10.7 Å². The van der Waals surface area contributed by atoms with Crippen molar-refractivity contribution in [2.45, 2.75) is 6.42 Å². The molecule has 0 aliphatic rings. The summed E-state index contributed by atoms with van der Waals surface area (Å²) in [5, 5.41) is 8.02. The second-order valence-corrected chi connectivity index (χ2v) is 5.23. The molecule has 16 heavy (non-hydrogen) atoms. The van der Waals surface area contributed by atoms with Crippen LogP contribution < -0.4 is 0 Å². The van der Waals surface area contributed by atoms with Crippen molar-refractivity contribution < 1.29 is 4.52 Å². The predicted molar refractivity (Wildman–Crippen MR) is 64.7 cm³/mol. The summed E-state index contributed by atoms with van der Waals surface area (Å²) in [6.45, 7) is 0. The third-order valence-electron chi connectivity index (χ3n) is 2.12. The average molecular weight is 248 g/mol. The Hall–Kier alpha value is -1.46. The molecule has 0 bridgehead atoms. The van der Waals surface area contributed by atoms with Gasteiger partial charge >= 0.3 is 0 Å². The molecule has 3 aromatic heterocycles. The molecule has 3 heterocycles. The van der Waals surface area contributed by atoms with E-state index in [1.54, 1.807) is 22.7 Å². The maximum absolute atomic E-state index is 5.21. The molecule has 5 heteroatoms. The largest absolute Gasteiger partial charge is 0.339 e. The molecule has 0 aromatic carbocycles. The highest BCUT2D eigenvalue weighted by molar-refractivity contribution is 7.13. The van der Waals surface area contributed by atoms with Gasteiger partial charge in [0.05, 0.1) is 11.3 Å². The predicted octanol–water partition coefficient (Wildman–Crippen LogP) is 3.45. The average Bonchev–Trinajstić information content (AvgIpc) is 2.99. The summed E-state index contributed by atoms with van der Waals surface area (Å²) in [6, 6.07) is 8.07. The number of nitrogens with zero attached hydrogens (tertiary/aromatic N) is 2. The van der Waals surface area contributed by atoms with Gasteiger partial charge in [0, 0.05) is 4.88 Å². The van der Waals surface area contributed by atoms with Gasteiger partial charge in [-0.15, -0.1) is 22.7 Å². The Labute approximate surface area is 100 Å². The lowest BCUT2D eigenvalue weighted by Gasteiger charge is -1.87. The van der Waals surface area contributed by atoms with Gasteiger partial charge in [0.15, 0.2) is 0 Å². The Morgan fingerprint density at radius 1 is 1.12 bits per heavy atom. The van der Waals surface area contributed by atoms with Gasteiger partial charge in [0.1, 0.15) is 0 Å². The first-order valence-corrected chi connectivity index (χ1v) is 6.56. The van der Waals surface area contributed by atoms with E-state index in [9.17, 15) is 0 Å². The third-order valence-corrected chi connectivity index (χ3v) is 3.86. The summed E-state index contributed by atoms with van der Waals surface area (Å²) in [7, 11) is 0. The molecular formula is C11H8N2OS2. The van der Waals surface area contributed by atoms with E-state index in [0.29, 0.717) is 11.7 Å². The van der Waals surface area contributed by atoms with Gasteiger partial charge in [0.2, 0.25) is 11.7 Å². The van der Waals surface area contributed by atoms with E-state index in [2.05, 4.69) is 16.2 Å². The summed E-state index contributed by atoms with van der Waals surface area (Å²) in [5.41, 5.74) is 0. The van der Waals surface area contributed by atoms with E-state index >= 15 is 0 Å². The zero-order valence-electron chi connectivity index (χ0n) is 8.29. The van der Waals surface area contributed by atoms with Crippen molar-refractivity contribution in [1.29, 1.82) is 0 Å². The van der Waals surface area contributed by atoms with Gasteiger partial charge in [-0.2, -0.15) is 4.98 Å². The van der Waals surface area contributed by atoms with E-state index in [1.165, 1.54) is 4.88 Å². The van der Waals surface area contributed by atoms with E-state index in [4.69, 9.17) is 4.52 Å². The van der Waals surface area contributed by atoms with Crippen LogP contribution in [0.3, 0.4) is 0 Å². The quantitative estimate of drug-likeness (QED) is 0.712. The highest BCUT2D eigenvalue weighted by Gasteiger charge is 2.09. The monoisotopic (exact) mass is 248 g/mol. The molecule has 3 rings (SSSR count). The third kappa shape index (κ3) is 1.91. The lowest BCUT2D eigenvalue weighted by atomic mass is 10.3. The fourth-order valence-electron chi connectivity index (χ4n) is 1.39. The second-order valence-electron chi connectivity index (χ2n) is 3.25. The van der Waals surface area contributed by atoms with Crippen molar-refractivity contribution in [2.24, 2.45) is 0 Å². The molecule has 80 valence electrons. The first-order valence-electron chi connectivity index (χ1n) is 4.80. The Morgan fingerprint density at radius 2 is 2.00 bits per heavy atom. The highest BCUT2D eigenvalue weighted by Crippen LogP contribution is 2.22. The van der Waals surface area contributed by atoms with Crippen molar-refractivity contribution in [2.75, 3.05) is 0 Å². The molecule has 0 unspecified atom stereocenters. The smallest absolute Gasteiger partial charge is 0.232 e. The van der Waals surface area contributed by atoms with E-state index in [1.807, 2.05) is 29.0 Å². The van der Waals surface area contributed by atoms with Crippen LogP contribution in [-0.2, 0) is 6.42 Å². The molecular weight excluding hydrogens is 240 g/mol. The summed E-state index contributed by atoms with van der Waals surface area (Å²) < 4.78 is 5.21. The Balaban J connectivity index is 1.83. The minimum absolute atomic E-state index is 0.672. The van der Waals surface area contributed by atoms with Crippen LogP contribution in [0.4, 0.5) is 0 Å². The maximum atomic E-state index is 5.21. The minimum atomic E-state index is 0.672. The Morgan fingerprint density at radius 3 is 2.75 bits per heavy atom. The molecule has 0 fully saturated rings. The zero-order valence-corrected chi connectivity index (χ0v) is 9.92. The summed E-state index contributed by atoms with van der Waals surface area (Å²) >= 11 is 3.31. The molecule has 0 saturated heterocycles. The first kappa shape index (κ1) is 9.74. The summed E-state index contributed by atoms with van der Waals surface area (Å²) in [6.07, 6.45) is 0.718. The summed E-state index contributed by atoms with van der Waals surface area (Å²) in [5.74, 6) is 1.35. The van der Waals surface area contributed by atoms with Crippen LogP contribution >= 0.6 is 22.7 Å². The molecule has 0 N–H and O–H groups in total. The number of hydrogen-bond acceptors (Lipinski definition) is 5. The van der Waals surface area contributed by atoms with Crippen molar-refractivity contribution in [3.05, 3.63) is 45.8 Å². The van der Waals surface area contributed by atoms with Crippen molar-refractivity contribution in [1.82, 2.24) is 10.1 Å². The number of rotatable bonds is 3. The van der Waals surface area contributed by atoms with Crippen molar-refractivity contribution >= 4 is 22.7 Å². The fourth-order valence-corrected chi connectivity index (χ4v) is 2.74. The molecule has 0 atom stereocenters. The first-order chi connectivity index (χ1) is 7.92. The van der Waals surface area contributed by atoms with Gasteiger partial charge in [-0.3, -0.25) is 0 Å². The van der Waals surface area contributed by atoms with E-state index < -0.39 is 0 Å². The fraction of sp³-hybridized carbons (Fsp3) is 0.0909. The van der Waals surface area contributed by atoms with Crippen LogP contribution in [-0.4, -0.2) is 10.1 Å². The van der Waals surface area contributed by atoms with Crippen LogP contribution in [0.1, 0.15) is 10.8 Å².